The van der Waals surface area contributed by atoms with Crippen LogP contribution in [-0.4, -0.2) is 15.7 Å². The summed E-state index contributed by atoms with van der Waals surface area (Å²) in [6.45, 7) is 6.98. The standard InChI is InChI=1S/C16H21N3O/c1-15(2,3)17-11-13-18-19-14(20-13)16(9-10-16)12-7-5-4-6-8-12/h4-8,17H,9-11H2,1-3H3. The molecule has 1 saturated carbocycles. The van der Waals surface area contributed by atoms with Crippen molar-refractivity contribution in [2.75, 3.05) is 0 Å². The van der Waals surface area contributed by atoms with Crippen molar-refractivity contribution < 1.29 is 4.42 Å². The SMILES string of the molecule is CC(C)(C)NCc1nnc(C2(c3ccccc3)CC2)o1. The lowest BCUT2D eigenvalue weighted by atomic mass is 9.96. The first-order valence-electron chi connectivity index (χ1n) is 7.13. The van der Waals surface area contributed by atoms with E-state index in [-0.39, 0.29) is 11.0 Å². The molecular weight excluding hydrogens is 250 g/mol. The van der Waals surface area contributed by atoms with Gasteiger partial charge in [0.1, 0.15) is 0 Å². The van der Waals surface area contributed by atoms with E-state index < -0.39 is 0 Å². The van der Waals surface area contributed by atoms with E-state index in [2.05, 4.69) is 60.6 Å². The highest BCUT2D eigenvalue weighted by atomic mass is 16.4. The van der Waals surface area contributed by atoms with Gasteiger partial charge in [-0.25, -0.2) is 0 Å². The van der Waals surface area contributed by atoms with Gasteiger partial charge in [0.25, 0.3) is 0 Å². The smallest absolute Gasteiger partial charge is 0.230 e. The Balaban J connectivity index is 1.77. The maximum atomic E-state index is 5.88. The number of nitrogens with one attached hydrogen (secondary N) is 1. The molecule has 3 rings (SSSR count). The van der Waals surface area contributed by atoms with Gasteiger partial charge in [-0.05, 0) is 39.2 Å². The third-order valence-corrected chi connectivity index (χ3v) is 3.72. The molecule has 1 heterocycles. The third kappa shape index (κ3) is 2.61. The van der Waals surface area contributed by atoms with Crippen LogP contribution >= 0.6 is 0 Å². The lowest BCUT2D eigenvalue weighted by Gasteiger charge is -2.18. The molecule has 4 heteroatoms. The van der Waals surface area contributed by atoms with Gasteiger partial charge >= 0.3 is 0 Å². The molecule has 106 valence electrons. The van der Waals surface area contributed by atoms with E-state index >= 15 is 0 Å². The van der Waals surface area contributed by atoms with Crippen molar-refractivity contribution in [3.63, 3.8) is 0 Å². The molecule has 0 atom stereocenters. The van der Waals surface area contributed by atoms with E-state index in [1.807, 2.05) is 6.07 Å². The molecule has 1 aromatic carbocycles. The second-order valence-electron chi connectivity index (χ2n) is 6.55. The second-order valence-corrected chi connectivity index (χ2v) is 6.55. The molecule has 0 radical (unpaired) electrons. The van der Waals surface area contributed by atoms with Gasteiger partial charge in [0.05, 0.1) is 12.0 Å². The predicted molar refractivity (Wildman–Crippen MR) is 77.3 cm³/mol. The maximum Gasteiger partial charge on any atom is 0.230 e. The highest BCUT2D eigenvalue weighted by molar-refractivity contribution is 5.37. The monoisotopic (exact) mass is 271 g/mol. The Labute approximate surface area is 119 Å². The quantitative estimate of drug-likeness (QED) is 0.928. The first kappa shape index (κ1) is 13.3. The van der Waals surface area contributed by atoms with Crippen molar-refractivity contribution in [3.8, 4) is 0 Å². The van der Waals surface area contributed by atoms with Crippen molar-refractivity contribution in [3.05, 3.63) is 47.7 Å². The first-order valence-corrected chi connectivity index (χ1v) is 7.13. The normalized spacial score (nSPS) is 17.1. The minimum atomic E-state index is -0.0335. The molecule has 4 nitrogen and oxygen atoms in total. The van der Waals surface area contributed by atoms with Gasteiger partial charge in [0.15, 0.2) is 0 Å². The molecule has 0 spiro atoms. The first-order chi connectivity index (χ1) is 9.50. The highest BCUT2D eigenvalue weighted by Gasteiger charge is 2.50. The molecule has 0 amide bonds. The van der Waals surface area contributed by atoms with Crippen molar-refractivity contribution in [2.24, 2.45) is 0 Å². The lowest BCUT2D eigenvalue weighted by molar-refractivity contribution is 0.364. The highest BCUT2D eigenvalue weighted by Crippen LogP contribution is 2.52. The predicted octanol–water partition coefficient (Wildman–Crippen LogP) is 3.04. The molecular formula is C16H21N3O. The van der Waals surface area contributed by atoms with Crippen LogP contribution in [0, 0.1) is 0 Å². The molecule has 0 unspecified atom stereocenters. The third-order valence-electron chi connectivity index (χ3n) is 3.72. The van der Waals surface area contributed by atoms with E-state index in [0.29, 0.717) is 12.4 Å². The van der Waals surface area contributed by atoms with Crippen molar-refractivity contribution >= 4 is 0 Å². The van der Waals surface area contributed by atoms with Crippen LogP contribution in [0.5, 0.6) is 0 Å². The Morgan fingerprint density at radius 3 is 2.45 bits per heavy atom. The molecule has 1 aliphatic rings. The molecule has 0 saturated heterocycles. The van der Waals surface area contributed by atoms with Crippen LogP contribution in [0.4, 0.5) is 0 Å². The zero-order chi connectivity index (χ0) is 14.2. The van der Waals surface area contributed by atoms with Gasteiger partial charge in [0, 0.05) is 5.54 Å². The second kappa shape index (κ2) is 4.70. The summed E-state index contributed by atoms with van der Waals surface area (Å²) in [5.41, 5.74) is 1.29. The minimum absolute atomic E-state index is 0.0335. The summed E-state index contributed by atoms with van der Waals surface area (Å²) >= 11 is 0. The summed E-state index contributed by atoms with van der Waals surface area (Å²) in [5, 5.41) is 11.8. The fourth-order valence-electron chi connectivity index (χ4n) is 2.37. The maximum absolute atomic E-state index is 5.88. The Bertz CT molecular complexity index is 579. The zero-order valence-electron chi connectivity index (χ0n) is 12.3. The van der Waals surface area contributed by atoms with Crippen LogP contribution < -0.4 is 5.32 Å². The van der Waals surface area contributed by atoms with Crippen molar-refractivity contribution in [2.45, 2.75) is 51.1 Å². The number of hydrogen-bond donors (Lipinski definition) is 1. The Morgan fingerprint density at radius 2 is 1.85 bits per heavy atom. The van der Waals surface area contributed by atoms with Gasteiger partial charge in [-0.2, -0.15) is 0 Å². The molecule has 1 fully saturated rings. The van der Waals surface area contributed by atoms with Crippen LogP contribution in [0.25, 0.3) is 0 Å². The topological polar surface area (TPSA) is 51.0 Å². The summed E-state index contributed by atoms with van der Waals surface area (Å²) in [4.78, 5) is 0. The average molecular weight is 271 g/mol. The molecule has 1 aromatic heterocycles. The van der Waals surface area contributed by atoms with E-state index in [4.69, 9.17) is 4.42 Å². The average Bonchev–Trinajstić information content (AvgIpc) is 3.09. The molecule has 20 heavy (non-hydrogen) atoms. The molecule has 2 aromatic rings. The Kier molecular flexibility index (Phi) is 3.13. The zero-order valence-corrected chi connectivity index (χ0v) is 12.3. The number of hydrogen-bond acceptors (Lipinski definition) is 4. The summed E-state index contributed by atoms with van der Waals surface area (Å²) in [6.07, 6.45) is 2.18. The van der Waals surface area contributed by atoms with Gasteiger partial charge in [-0.1, -0.05) is 30.3 Å². The fraction of sp³-hybridized carbons (Fsp3) is 0.500. The minimum Gasteiger partial charge on any atom is -0.423 e. The van der Waals surface area contributed by atoms with Crippen molar-refractivity contribution in [1.29, 1.82) is 0 Å². The largest absolute Gasteiger partial charge is 0.423 e. The lowest BCUT2D eigenvalue weighted by Crippen LogP contribution is -2.35. The number of benzene rings is 1. The molecule has 1 aliphatic carbocycles. The molecule has 1 N–H and O–H groups in total. The van der Waals surface area contributed by atoms with E-state index in [9.17, 15) is 0 Å². The van der Waals surface area contributed by atoms with E-state index in [1.54, 1.807) is 0 Å². The van der Waals surface area contributed by atoms with Gasteiger partial charge in [0.2, 0.25) is 11.8 Å². The van der Waals surface area contributed by atoms with Gasteiger partial charge < -0.3 is 9.73 Å². The Morgan fingerprint density at radius 1 is 1.15 bits per heavy atom. The summed E-state index contributed by atoms with van der Waals surface area (Å²) < 4.78 is 5.88. The summed E-state index contributed by atoms with van der Waals surface area (Å²) in [5.74, 6) is 1.42. The van der Waals surface area contributed by atoms with Crippen LogP contribution in [0.2, 0.25) is 0 Å². The number of aromatic nitrogens is 2. The van der Waals surface area contributed by atoms with Crippen molar-refractivity contribution in [1.82, 2.24) is 15.5 Å². The van der Waals surface area contributed by atoms with Crippen LogP contribution in [0.1, 0.15) is 51.0 Å². The molecule has 0 bridgehead atoms. The number of nitrogens with zero attached hydrogens (tertiary/aromatic N) is 2. The van der Waals surface area contributed by atoms with E-state index in [1.165, 1.54) is 5.56 Å². The number of rotatable bonds is 4. The van der Waals surface area contributed by atoms with Gasteiger partial charge in [-0.15, -0.1) is 10.2 Å². The van der Waals surface area contributed by atoms with E-state index in [0.717, 1.165) is 18.7 Å². The molecule has 0 aliphatic heterocycles. The van der Waals surface area contributed by atoms with Crippen LogP contribution in [0.15, 0.2) is 34.7 Å². The van der Waals surface area contributed by atoms with Crippen LogP contribution in [-0.2, 0) is 12.0 Å². The Hall–Kier alpha value is -1.68. The van der Waals surface area contributed by atoms with Gasteiger partial charge in [-0.3, -0.25) is 0 Å². The summed E-state index contributed by atoms with van der Waals surface area (Å²) in [7, 11) is 0. The van der Waals surface area contributed by atoms with Crippen LogP contribution in [0.3, 0.4) is 0 Å². The fourth-order valence-corrected chi connectivity index (χ4v) is 2.37. The summed E-state index contributed by atoms with van der Waals surface area (Å²) in [6, 6.07) is 10.4.